The molecule has 0 bridgehead atoms. The van der Waals surface area contributed by atoms with Gasteiger partial charge >= 0.3 is 0 Å². The Bertz CT molecular complexity index is 271. The van der Waals surface area contributed by atoms with Crippen molar-refractivity contribution in [1.29, 1.82) is 0 Å². The molecule has 0 fully saturated rings. The van der Waals surface area contributed by atoms with Crippen LogP contribution in [0.5, 0.6) is 0 Å². The van der Waals surface area contributed by atoms with E-state index in [1.807, 2.05) is 0 Å². The number of aliphatic hydroxyl groups excluding tert-OH is 1. The summed E-state index contributed by atoms with van der Waals surface area (Å²) in [5.74, 6) is 0. The van der Waals surface area contributed by atoms with E-state index < -0.39 is 6.10 Å². The smallest absolute Gasteiger partial charge is 0.0703 e. The number of halogens is 2. The SMILES string of the molecule is NCC(O)Cc1c(Cl)cccc1Cl. The quantitative estimate of drug-likeness (QED) is 0.816. The molecule has 0 radical (unpaired) electrons. The van der Waals surface area contributed by atoms with Gasteiger partial charge in [0.05, 0.1) is 6.10 Å². The first-order valence-corrected chi connectivity index (χ1v) is 4.71. The second-order valence-electron chi connectivity index (χ2n) is 2.79. The van der Waals surface area contributed by atoms with Crippen LogP contribution in [0.25, 0.3) is 0 Å². The molecular weight excluding hydrogens is 209 g/mol. The van der Waals surface area contributed by atoms with Gasteiger partial charge in [-0.3, -0.25) is 0 Å². The van der Waals surface area contributed by atoms with Gasteiger partial charge in [-0.2, -0.15) is 0 Å². The molecule has 0 spiro atoms. The predicted octanol–water partition coefficient (Wildman–Crippen LogP) is 1.86. The maximum absolute atomic E-state index is 9.32. The summed E-state index contributed by atoms with van der Waals surface area (Å²) in [5, 5.41) is 10.5. The van der Waals surface area contributed by atoms with Crippen LogP contribution in [-0.4, -0.2) is 17.8 Å². The highest BCUT2D eigenvalue weighted by Crippen LogP contribution is 2.25. The number of benzene rings is 1. The maximum atomic E-state index is 9.32. The Hall–Kier alpha value is -0.280. The molecule has 0 heterocycles. The average molecular weight is 220 g/mol. The van der Waals surface area contributed by atoms with Gasteiger partial charge in [-0.1, -0.05) is 29.3 Å². The van der Waals surface area contributed by atoms with E-state index in [-0.39, 0.29) is 6.54 Å². The third-order valence-corrected chi connectivity index (χ3v) is 2.48. The minimum atomic E-state index is -0.586. The Balaban J connectivity index is 2.87. The van der Waals surface area contributed by atoms with E-state index in [0.717, 1.165) is 5.56 Å². The Labute approximate surface area is 87.3 Å². The van der Waals surface area contributed by atoms with Gasteiger partial charge in [0.15, 0.2) is 0 Å². The zero-order valence-electron chi connectivity index (χ0n) is 7.00. The zero-order valence-corrected chi connectivity index (χ0v) is 8.52. The molecule has 1 unspecified atom stereocenters. The third kappa shape index (κ3) is 2.85. The zero-order chi connectivity index (χ0) is 9.84. The van der Waals surface area contributed by atoms with Gasteiger partial charge in [0.1, 0.15) is 0 Å². The van der Waals surface area contributed by atoms with Gasteiger partial charge in [0.25, 0.3) is 0 Å². The molecule has 0 amide bonds. The van der Waals surface area contributed by atoms with E-state index in [1.54, 1.807) is 18.2 Å². The molecule has 0 saturated heterocycles. The van der Waals surface area contributed by atoms with Crippen LogP contribution in [0.15, 0.2) is 18.2 Å². The Kier molecular flexibility index (Phi) is 4.00. The lowest BCUT2D eigenvalue weighted by Gasteiger charge is -2.10. The summed E-state index contributed by atoms with van der Waals surface area (Å²) >= 11 is 11.8. The highest BCUT2D eigenvalue weighted by atomic mass is 35.5. The fraction of sp³-hybridized carbons (Fsp3) is 0.333. The lowest BCUT2D eigenvalue weighted by molar-refractivity contribution is 0.183. The lowest BCUT2D eigenvalue weighted by atomic mass is 10.1. The molecule has 3 N–H and O–H groups in total. The molecular formula is C9H11Cl2NO. The van der Waals surface area contributed by atoms with E-state index in [2.05, 4.69) is 0 Å². The summed E-state index contributed by atoms with van der Waals surface area (Å²) in [5.41, 5.74) is 6.04. The molecule has 0 aromatic heterocycles. The molecule has 4 heteroatoms. The van der Waals surface area contributed by atoms with Gasteiger partial charge in [-0.05, 0) is 17.7 Å². The van der Waals surface area contributed by atoms with Gasteiger partial charge < -0.3 is 10.8 Å². The lowest BCUT2D eigenvalue weighted by Crippen LogP contribution is -2.22. The fourth-order valence-electron chi connectivity index (χ4n) is 1.05. The van der Waals surface area contributed by atoms with Crippen molar-refractivity contribution in [3.8, 4) is 0 Å². The third-order valence-electron chi connectivity index (χ3n) is 1.77. The second-order valence-corrected chi connectivity index (χ2v) is 3.61. The van der Waals surface area contributed by atoms with E-state index >= 15 is 0 Å². The Morgan fingerprint density at radius 3 is 2.31 bits per heavy atom. The standard InChI is InChI=1S/C9H11Cl2NO/c10-8-2-1-3-9(11)7(8)4-6(13)5-12/h1-3,6,13H,4-5,12H2. The van der Waals surface area contributed by atoms with Crippen molar-refractivity contribution in [3.63, 3.8) is 0 Å². The molecule has 0 aliphatic rings. The molecule has 1 aromatic rings. The van der Waals surface area contributed by atoms with Gasteiger partial charge in [-0.15, -0.1) is 0 Å². The van der Waals surface area contributed by atoms with Crippen molar-refractivity contribution >= 4 is 23.2 Å². The molecule has 1 aromatic carbocycles. The largest absolute Gasteiger partial charge is 0.391 e. The Morgan fingerprint density at radius 2 is 1.85 bits per heavy atom. The van der Waals surface area contributed by atoms with Gasteiger partial charge in [0.2, 0.25) is 0 Å². The van der Waals surface area contributed by atoms with Crippen LogP contribution in [0.2, 0.25) is 10.0 Å². The van der Waals surface area contributed by atoms with Crippen LogP contribution >= 0.6 is 23.2 Å². The van der Waals surface area contributed by atoms with Crippen molar-refractivity contribution in [1.82, 2.24) is 0 Å². The second kappa shape index (κ2) is 4.82. The van der Waals surface area contributed by atoms with Crippen molar-refractivity contribution in [2.45, 2.75) is 12.5 Å². The van der Waals surface area contributed by atoms with Crippen LogP contribution in [0.4, 0.5) is 0 Å². The number of hydrogen-bond donors (Lipinski definition) is 2. The first kappa shape index (κ1) is 10.8. The minimum Gasteiger partial charge on any atom is -0.391 e. The normalized spacial score (nSPS) is 12.9. The molecule has 0 saturated carbocycles. The summed E-state index contributed by atoms with van der Waals surface area (Å²) in [7, 11) is 0. The van der Waals surface area contributed by atoms with E-state index in [0.29, 0.717) is 16.5 Å². The minimum absolute atomic E-state index is 0.210. The summed E-state index contributed by atoms with van der Waals surface area (Å²) < 4.78 is 0. The monoisotopic (exact) mass is 219 g/mol. The molecule has 72 valence electrons. The summed E-state index contributed by atoms with van der Waals surface area (Å²) in [6.45, 7) is 0.210. The first-order chi connectivity index (χ1) is 6.15. The van der Waals surface area contributed by atoms with Crippen LogP contribution in [-0.2, 0) is 6.42 Å². The molecule has 1 atom stereocenters. The summed E-state index contributed by atoms with van der Waals surface area (Å²) in [6.07, 6.45) is -0.188. The average Bonchev–Trinajstić information content (AvgIpc) is 2.11. The highest BCUT2D eigenvalue weighted by molar-refractivity contribution is 6.35. The van der Waals surface area contributed by atoms with E-state index in [1.165, 1.54) is 0 Å². The molecule has 1 rings (SSSR count). The van der Waals surface area contributed by atoms with Crippen molar-refractivity contribution in [3.05, 3.63) is 33.8 Å². The topological polar surface area (TPSA) is 46.2 Å². The predicted molar refractivity (Wildman–Crippen MR) is 55.2 cm³/mol. The number of rotatable bonds is 3. The van der Waals surface area contributed by atoms with Gasteiger partial charge in [0, 0.05) is 23.0 Å². The molecule has 2 nitrogen and oxygen atoms in total. The Morgan fingerprint density at radius 1 is 1.31 bits per heavy atom. The van der Waals surface area contributed by atoms with Crippen LogP contribution in [0, 0.1) is 0 Å². The first-order valence-electron chi connectivity index (χ1n) is 3.96. The summed E-state index contributed by atoms with van der Waals surface area (Å²) in [4.78, 5) is 0. The highest BCUT2D eigenvalue weighted by Gasteiger charge is 2.09. The molecule has 13 heavy (non-hydrogen) atoms. The number of nitrogens with two attached hydrogens (primary N) is 1. The van der Waals surface area contributed by atoms with Crippen molar-refractivity contribution < 1.29 is 5.11 Å². The molecule has 0 aliphatic heterocycles. The van der Waals surface area contributed by atoms with Crippen LogP contribution < -0.4 is 5.73 Å². The maximum Gasteiger partial charge on any atom is 0.0703 e. The van der Waals surface area contributed by atoms with Crippen molar-refractivity contribution in [2.75, 3.05) is 6.54 Å². The number of hydrogen-bond acceptors (Lipinski definition) is 2. The van der Waals surface area contributed by atoms with Gasteiger partial charge in [-0.25, -0.2) is 0 Å². The van der Waals surface area contributed by atoms with E-state index in [4.69, 9.17) is 28.9 Å². The number of aliphatic hydroxyl groups is 1. The fourth-order valence-corrected chi connectivity index (χ4v) is 1.60. The van der Waals surface area contributed by atoms with E-state index in [9.17, 15) is 5.11 Å². The summed E-state index contributed by atoms with van der Waals surface area (Å²) in [6, 6.07) is 5.25. The van der Waals surface area contributed by atoms with Crippen LogP contribution in [0.1, 0.15) is 5.56 Å². The van der Waals surface area contributed by atoms with Crippen LogP contribution in [0.3, 0.4) is 0 Å². The van der Waals surface area contributed by atoms with Crippen molar-refractivity contribution in [2.24, 2.45) is 5.73 Å². The molecule has 0 aliphatic carbocycles.